The number of likely N-dealkylation sites (N-methyl/N-ethyl adjacent to an activating group) is 1. The van der Waals surface area contributed by atoms with Gasteiger partial charge in [-0.1, -0.05) is 6.92 Å². The normalized spacial score (nSPS) is 17.0. The Morgan fingerprint density at radius 1 is 1.43 bits per heavy atom. The van der Waals surface area contributed by atoms with E-state index in [1.165, 1.54) is 5.69 Å². The summed E-state index contributed by atoms with van der Waals surface area (Å²) in [4.78, 5) is 17.8. The lowest BCUT2D eigenvalue weighted by Gasteiger charge is -2.31. The highest BCUT2D eigenvalue weighted by Gasteiger charge is 2.20. The van der Waals surface area contributed by atoms with Crippen LogP contribution in [0.4, 0.5) is 0 Å². The summed E-state index contributed by atoms with van der Waals surface area (Å²) < 4.78 is 2.22. The van der Waals surface area contributed by atoms with Gasteiger partial charge < -0.3 is 15.2 Å². The Hall–Kier alpha value is -1.40. The number of hydrogen-bond acceptors (Lipinski definition) is 4. The SMILES string of the molecule is CCCn1cncc1CNC1CCN(CC(=O)NC)CC1. The molecule has 1 amide bonds. The van der Waals surface area contributed by atoms with Gasteiger partial charge in [-0.2, -0.15) is 0 Å². The summed E-state index contributed by atoms with van der Waals surface area (Å²) in [6.07, 6.45) is 7.18. The number of rotatable bonds is 7. The second-order valence-corrected chi connectivity index (χ2v) is 5.68. The number of hydrogen-bond donors (Lipinski definition) is 2. The minimum absolute atomic E-state index is 0.102. The molecule has 1 aromatic heterocycles. The lowest BCUT2D eigenvalue weighted by atomic mass is 10.0. The van der Waals surface area contributed by atoms with Crippen LogP contribution >= 0.6 is 0 Å². The Morgan fingerprint density at radius 2 is 2.19 bits per heavy atom. The maximum atomic E-state index is 11.4. The lowest BCUT2D eigenvalue weighted by Crippen LogP contribution is -2.45. The van der Waals surface area contributed by atoms with Crippen molar-refractivity contribution in [3.8, 4) is 0 Å². The molecule has 1 aliphatic heterocycles. The number of likely N-dealkylation sites (tertiary alicyclic amines) is 1. The maximum Gasteiger partial charge on any atom is 0.233 e. The molecule has 2 heterocycles. The fourth-order valence-electron chi connectivity index (χ4n) is 2.76. The minimum Gasteiger partial charge on any atom is -0.358 e. The lowest BCUT2D eigenvalue weighted by molar-refractivity contribution is -0.122. The zero-order valence-electron chi connectivity index (χ0n) is 13.1. The van der Waals surface area contributed by atoms with E-state index in [0.29, 0.717) is 12.6 Å². The standard InChI is InChI=1S/C15H27N5O/c1-3-6-20-12-17-9-14(20)10-18-13-4-7-19(8-5-13)11-15(21)16-2/h9,12-13,18H,3-8,10-11H2,1-2H3,(H,16,21). The van der Waals surface area contributed by atoms with Crippen LogP contribution < -0.4 is 10.6 Å². The van der Waals surface area contributed by atoms with E-state index in [2.05, 4.69) is 32.0 Å². The van der Waals surface area contributed by atoms with Crippen LogP contribution in [0.25, 0.3) is 0 Å². The Balaban J connectivity index is 1.71. The maximum absolute atomic E-state index is 11.4. The first-order valence-corrected chi connectivity index (χ1v) is 7.88. The molecule has 0 atom stereocenters. The predicted octanol–water partition coefficient (Wildman–Crippen LogP) is 0.593. The van der Waals surface area contributed by atoms with Crippen molar-refractivity contribution < 1.29 is 4.79 Å². The number of aromatic nitrogens is 2. The number of amides is 1. The summed E-state index contributed by atoms with van der Waals surface area (Å²) >= 11 is 0. The average Bonchev–Trinajstić information content (AvgIpc) is 2.94. The molecule has 1 aliphatic rings. The van der Waals surface area contributed by atoms with E-state index in [1.807, 2.05) is 12.5 Å². The summed E-state index contributed by atoms with van der Waals surface area (Å²) in [5.41, 5.74) is 1.25. The van der Waals surface area contributed by atoms with Crippen LogP contribution in [0.15, 0.2) is 12.5 Å². The topological polar surface area (TPSA) is 62.2 Å². The molecule has 0 bridgehead atoms. The molecule has 0 spiro atoms. The summed E-state index contributed by atoms with van der Waals surface area (Å²) in [5.74, 6) is 0.102. The third kappa shape index (κ3) is 4.82. The number of piperidine rings is 1. The van der Waals surface area contributed by atoms with Crippen molar-refractivity contribution in [2.75, 3.05) is 26.7 Å². The van der Waals surface area contributed by atoms with Crippen LogP contribution in [0.1, 0.15) is 31.9 Å². The first kappa shape index (κ1) is 16.0. The number of nitrogens with zero attached hydrogens (tertiary/aromatic N) is 3. The molecule has 0 aromatic carbocycles. The third-order valence-corrected chi connectivity index (χ3v) is 4.07. The molecule has 0 aliphatic carbocycles. The van der Waals surface area contributed by atoms with E-state index in [-0.39, 0.29) is 5.91 Å². The van der Waals surface area contributed by atoms with Gasteiger partial charge in [-0.15, -0.1) is 0 Å². The van der Waals surface area contributed by atoms with Gasteiger partial charge in [-0.3, -0.25) is 9.69 Å². The van der Waals surface area contributed by atoms with Crippen molar-refractivity contribution in [2.45, 2.75) is 45.3 Å². The number of aryl methyl sites for hydroxylation is 1. The van der Waals surface area contributed by atoms with Crippen molar-refractivity contribution >= 4 is 5.91 Å². The van der Waals surface area contributed by atoms with Crippen LogP contribution in [0.5, 0.6) is 0 Å². The van der Waals surface area contributed by atoms with Crippen molar-refractivity contribution in [1.29, 1.82) is 0 Å². The highest BCUT2D eigenvalue weighted by atomic mass is 16.1. The van der Waals surface area contributed by atoms with E-state index < -0.39 is 0 Å². The summed E-state index contributed by atoms with van der Waals surface area (Å²) in [6.45, 7) is 6.58. The van der Waals surface area contributed by atoms with E-state index in [9.17, 15) is 4.79 Å². The summed E-state index contributed by atoms with van der Waals surface area (Å²) in [5, 5.41) is 6.30. The molecule has 0 radical (unpaired) electrons. The quantitative estimate of drug-likeness (QED) is 0.772. The molecule has 21 heavy (non-hydrogen) atoms. The molecule has 118 valence electrons. The molecule has 6 heteroatoms. The zero-order chi connectivity index (χ0) is 15.1. The number of carbonyl (C=O) groups is 1. The van der Waals surface area contributed by atoms with Crippen LogP contribution in [0.2, 0.25) is 0 Å². The zero-order valence-corrected chi connectivity index (χ0v) is 13.1. The van der Waals surface area contributed by atoms with Crippen LogP contribution in [0.3, 0.4) is 0 Å². The van der Waals surface area contributed by atoms with Crippen LogP contribution in [-0.4, -0.2) is 53.1 Å². The van der Waals surface area contributed by atoms with Gasteiger partial charge in [0.05, 0.1) is 18.6 Å². The van der Waals surface area contributed by atoms with Crippen molar-refractivity contribution in [1.82, 2.24) is 25.1 Å². The molecule has 0 unspecified atom stereocenters. The van der Waals surface area contributed by atoms with Gasteiger partial charge in [0.1, 0.15) is 0 Å². The monoisotopic (exact) mass is 293 g/mol. The molecular weight excluding hydrogens is 266 g/mol. The van der Waals surface area contributed by atoms with Crippen molar-refractivity contribution in [2.24, 2.45) is 0 Å². The molecule has 1 aromatic rings. The fourth-order valence-corrected chi connectivity index (χ4v) is 2.76. The Kier molecular flexibility index (Phi) is 6.20. The summed E-state index contributed by atoms with van der Waals surface area (Å²) in [7, 11) is 1.69. The van der Waals surface area contributed by atoms with Gasteiger partial charge in [0, 0.05) is 45.5 Å². The average molecular weight is 293 g/mol. The summed E-state index contributed by atoms with van der Waals surface area (Å²) in [6, 6.07) is 0.538. The number of nitrogens with one attached hydrogen (secondary N) is 2. The smallest absolute Gasteiger partial charge is 0.233 e. The molecule has 1 fully saturated rings. The first-order chi connectivity index (χ1) is 10.2. The van der Waals surface area contributed by atoms with Crippen LogP contribution in [-0.2, 0) is 17.9 Å². The molecule has 2 N–H and O–H groups in total. The minimum atomic E-state index is 0.102. The number of carbonyl (C=O) groups excluding carboxylic acids is 1. The van der Waals surface area contributed by atoms with Crippen LogP contribution in [0, 0.1) is 0 Å². The van der Waals surface area contributed by atoms with Gasteiger partial charge in [0.2, 0.25) is 5.91 Å². The third-order valence-electron chi connectivity index (χ3n) is 4.07. The highest BCUT2D eigenvalue weighted by Crippen LogP contribution is 2.11. The fraction of sp³-hybridized carbons (Fsp3) is 0.733. The van der Waals surface area contributed by atoms with Crippen molar-refractivity contribution in [3.05, 3.63) is 18.2 Å². The van der Waals surface area contributed by atoms with Gasteiger partial charge in [-0.05, 0) is 19.3 Å². The predicted molar refractivity (Wildman–Crippen MR) is 82.9 cm³/mol. The van der Waals surface area contributed by atoms with E-state index in [4.69, 9.17) is 0 Å². The molecule has 1 saturated heterocycles. The van der Waals surface area contributed by atoms with E-state index in [0.717, 1.165) is 45.4 Å². The van der Waals surface area contributed by atoms with Gasteiger partial charge >= 0.3 is 0 Å². The Morgan fingerprint density at radius 3 is 2.86 bits per heavy atom. The molecule has 0 saturated carbocycles. The molecule has 2 rings (SSSR count). The van der Waals surface area contributed by atoms with Gasteiger partial charge in [-0.25, -0.2) is 4.98 Å². The Bertz CT molecular complexity index is 437. The Labute approximate surface area is 126 Å². The van der Waals surface area contributed by atoms with Gasteiger partial charge in [0.25, 0.3) is 0 Å². The van der Waals surface area contributed by atoms with Crippen molar-refractivity contribution in [3.63, 3.8) is 0 Å². The second-order valence-electron chi connectivity index (χ2n) is 5.68. The largest absolute Gasteiger partial charge is 0.358 e. The molecular formula is C15H27N5O. The first-order valence-electron chi connectivity index (χ1n) is 7.88. The van der Waals surface area contributed by atoms with Gasteiger partial charge in [0.15, 0.2) is 0 Å². The number of imidazole rings is 1. The van der Waals surface area contributed by atoms with E-state index >= 15 is 0 Å². The van der Waals surface area contributed by atoms with E-state index in [1.54, 1.807) is 7.05 Å². The second kappa shape index (κ2) is 8.14. The molecule has 6 nitrogen and oxygen atoms in total. The highest BCUT2D eigenvalue weighted by molar-refractivity contribution is 5.77.